The van der Waals surface area contributed by atoms with E-state index >= 15 is 0 Å². The number of ether oxygens (including phenoxy) is 1. The third-order valence-electron chi connectivity index (χ3n) is 1.85. The first-order chi connectivity index (χ1) is 7.86. The fraction of sp³-hybridized carbons (Fsp3) is 0.375. The number of esters is 1. The van der Waals surface area contributed by atoms with Crippen LogP contribution in [-0.2, 0) is 19.6 Å². The van der Waals surface area contributed by atoms with Crippen molar-refractivity contribution in [3.05, 3.63) is 17.5 Å². The highest BCUT2D eigenvalue weighted by atomic mass is 35.5. The summed E-state index contributed by atoms with van der Waals surface area (Å²) in [6.07, 6.45) is 2.43. The minimum absolute atomic E-state index is 0.0379. The van der Waals surface area contributed by atoms with Crippen molar-refractivity contribution in [3.63, 3.8) is 0 Å². The molecule has 0 saturated carbocycles. The summed E-state index contributed by atoms with van der Waals surface area (Å²) >= 11 is 5.54. The number of sulfonamides is 1. The van der Waals surface area contributed by atoms with Gasteiger partial charge in [0.25, 0.3) is 0 Å². The molecule has 1 unspecified atom stereocenters. The van der Waals surface area contributed by atoms with Crippen molar-refractivity contribution in [2.75, 3.05) is 11.8 Å². The molecule has 0 fully saturated rings. The molecule has 9 heteroatoms. The van der Waals surface area contributed by atoms with Crippen LogP contribution in [0.1, 0.15) is 6.92 Å². The smallest absolute Gasteiger partial charge is 0.325 e. The number of rotatable bonds is 4. The van der Waals surface area contributed by atoms with Gasteiger partial charge in [0.1, 0.15) is 5.15 Å². The molecular weight excluding hydrogens is 270 g/mol. The Kier molecular flexibility index (Phi) is 4.24. The van der Waals surface area contributed by atoms with Crippen molar-refractivity contribution in [3.8, 4) is 0 Å². The van der Waals surface area contributed by atoms with Crippen molar-refractivity contribution in [1.82, 2.24) is 9.97 Å². The zero-order valence-electron chi connectivity index (χ0n) is 9.05. The second kappa shape index (κ2) is 5.28. The summed E-state index contributed by atoms with van der Waals surface area (Å²) in [4.78, 5) is 18.5. The molecule has 7 nitrogen and oxygen atoms in total. The van der Waals surface area contributed by atoms with Gasteiger partial charge < -0.3 is 4.74 Å². The van der Waals surface area contributed by atoms with E-state index in [2.05, 4.69) is 19.4 Å². The van der Waals surface area contributed by atoms with E-state index in [-0.39, 0.29) is 11.0 Å². The lowest BCUT2D eigenvalue weighted by Gasteiger charge is -2.11. The van der Waals surface area contributed by atoms with Gasteiger partial charge in [0.15, 0.2) is 11.1 Å². The molecule has 0 saturated heterocycles. The van der Waals surface area contributed by atoms with Crippen molar-refractivity contribution in [2.24, 2.45) is 0 Å². The summed E-state index contributed by atoms with van der Waals surface area (Å²) in [5, 5.41) is -1.32. The second-order valence-corrected chi connectivity index (χ2v) is 5.43. The van der Waals surface area contributed by atoms with Gasteiger partial charge in [0.2, 0.25) is 10.0 Å². The largest absolute Gasteiger partial charge is 0.468 e. The predicted octanol–water partition coefficient (Wildman–Crippen LogP) is 0.433. The number of nitrogens with zero attached hydrogens (tertiary/aromatic N) is 2. The highest BCUT2D eigenvalue weighted by Crippen LogP contribution is 2.11. The molecule has 0 bridgehead atoms. The molecule has 1 rings (SSSR count). The molecule has 0 amide bonds. The van der Waals surface area contributed by atoms with Crippen LogP contribution in [0.3, 0.4) is 0 Å². The number of hydrogen-bond donors (Lipinski definition) is 1. The number of methoxy groups -OCH3 is 1. The molecule has 1 atom stereocenters. The van der Waals surface area contributed by atoms with Gasteiger partial charge >= 0.3 is 5.97 Å². The van der Waals surface area contributed by atoms with Crippen LogP contribution in [0.5, 0.6) is 0 Å². The highest BCUT2D eigenvalue weighted by molar-refractivity contribution is 7.94. The Bertz CT molecular complexity index is 519. The molecular formula is C8H10ClN3O4S. The Morgan fingerprint density at radius 3 is 2.71 bits per heavy atom. The van der Waals surface area contributed by atoms with Crippen LogP contribution < -0.4 is 4.72 Å². The van der Waals surface area contributed by atoms with Gasteiger partial charge in [-0.25, -0.2) is 13.4 Å². The first-order valence-corrected chi connectivity index (χ1v) is 6.36. The van der Waals surface area contributed by atoms with Crippen LogP contribution >= 0.6 is 11.6 Å². The van der Waals surface area contributed by atoms with Crippen LogP contribution in [0.4, 0.5) is 5.82 Å². The van der Waals surface area contributed by atoms with E-state index < -0.39 is 21.2 Å². The molecule has 0 aliphatic carbocycles. The third kappa shape index (κ3) is 3.53. The molecule has 0 radical (unpaired) electrons. The molecule has 1 aromatic heterocycles. The van der Waals surface area contributed by atoms with Crippen LogP contribution in [0.2, 0.25) is 5.15 Å². The van der Waals surface area contributed by atoms with E-state index in [1.54, 1.807) is 0 Å². The Morgan fingerprint density at radius 1 is 1.53 bits per heavy atom. The minimum Gasteiger partial charge on any atom is -0.468 e. The maximum atomic E-state index is 11.7. The van der Waals surface area contributed by atoms with Gasteiger partial charge in [-0.3, -0.25) is 14.5 Å². The number of hydrogen-bond acceptors (Lipinski definition) is 6. The lowest BCUT2D eigenvalue weighted by atomic mass is 10.5. The quantitative estimate of drug-likeness (QED) is 0.803. The summed E-state index contributed by atoms with van der Waals surface area (Å²) in [6.45, 7) is 1.20. The van der Waals surface area contributed by atoms with Gasteiger partial charge in [0, 0.05) is 0 Å². The summed E-state index contributed by atoms with van der Waals surface area (Å²) in [5.41, 5.74) is 0. The fourth-order valence-corrected chi connectivity index (χ4v) is 1.98. The second-order valence-electron chi connectivity index (χ2n) is 3.04. The number of halogens is 1. The normalized spacial score (nSPS) is 12.9. The van der Waals surface area contributed by atoms with E-state index in [9.17, 15) is 13.2 Å². The van der Waals surface area contributed by atoms with Crippen LogP contribution in [0.25, 0.3) is 0 Å². The highest BCUT2D eigenvalue weighted by Gasteiger charge is 2.29. The average molecular weight is 280 g/mol. The number of anilines is 1. The summed E-state index contributed by atoms with van der Waals surface area (Å²) in [6, 6.07) is 0. The molecule has 1 N–H and O–H groups in total. The maximum absolute atomic E-state index is 11.7. The lowest BCUT2D eigenvalue weighted by Crippen LogP contribution is -2.33. The molecule has 1 aromatic rings. The molecule has 0 aliphatic heterocycles. The molecule has 0 aromatic carbocycles. The Hall–Kier alpha value is -1.41. The van der Waals surface area contributed by atoms with Crippen LogP contribution in [0, 0.1) is 0 Å². The number of carbonyl (C=O) groups is 1. The Morgan fingerprint density at radius 2 is 2.18 bits per heavy atom. The first kappa shape index (κ1) is 13.7. The van der Waals surface area contributed by atoms with Crippen molar-refractivity contribution >= 4 is 33.4 Å². The van der Waals surface area contributed by atoms with Gasteiger partial charge in [0.05, 0.1) is 19.5 Å². The molecule has 0 spiro atoms. The van der Waals surface area contributed by atoms with E-state index in [0.717, 1.165) is 7.11 Å². The molecule has 17 heavy (non-hydrogen) atoms. The first-order valence-electron chi connectivity index (χ1n) is 4.44. The number of aromatic nitrogens is 2. The number of nitrogens with one attached hydrogen (secondary N) is 1. The summed E-state index contributed by atoms with van der Waals surface area (Å²) in [5.74, 6) is -0.930. The topological polar surface area (TPSA) is 98.2 Å². The fourth-order valence-electron chi connectivity index (χ4n) is 0.918. The zero-order valence-corrected chi connectivity index (χ0v) is 10.6. The standard InChI is InChI=1S/C8H10ClN3O4S/c1-5(8(13)16-2)17(14,15)12-7-4-10-3-6(9)11-7/h3-5H,1-2H3,(H,11,12). The van der Waals surface area contributed by atoms with Crippen molar-refractivity contribution in [1.29, 1.82) is 0 Å². The minimum atomic E-state index is -3.93. The van der Waals surface area contributed by atoms with Crippen LogP contribution in [0.15, 0.2) is 12.4 Å². The predicted molar refractivity (Wildman–Crippen MR) is 61.1 cm³/mol. The molecule has 94 valence electrons. The van der Waals surface area contributed by atoms with Crippen molar-refractivity contribution in [2.45, 2.75) is 12.2 Å². The summed E-state index contributed by atoms with van der Waals surface area (Å²) < 4.78 is 29.8. The van der Waals surface area contributed by atoms with E-state index in [0.29, 0.717) is 0 Å². The Balaban J connectivity index is 2.90. The number of carbonyl (C=O) groups excluding carboxylic acids is 1. The zero-order chi connectivity index (χ0) is 13.1. The van der Waals surface area contributed by atoms with E-state index in [1.807, 2.05) is 0 Å². The van der Waals surface area contributed by atoms with E-state index in [4.69, 9.17) is 11.6 Å². The Labute approximate surface area is 103 Å². The lowest BCUT2D eigenvalue weighted by molar-refractivity contribution is -0.139. The third-order valence-corrected chi connectivity index (χ3v) is 3.65. The van der Waals surface area contributed by atoms with Gasteiger partial charge in [-0.05, 0) is 6.92 Å². The van der Waals surface area contributed by atoms with E-state index in [1.165, 1.54) is 19.3 Å². The summed E-state index contributed by atoms with van der Waals surface area (Å²) in [7, 11) is -2.82. The molecule has 0 aliphatic rings. The van der Waals surface area contributed by atoms with Crippen molar-refractivity contribution < 1.29 is 17.9 Å². The SMILES string of the molecule is COC(=O)C(C)S(=O)(=O)Nc1cncc(Cl)n1. The van der Waals surface area contributed by atoms with Gasteiger partial charge in [-0.2, -0.15) is 0 Å². The average Bonchev–Trinajstić information content (AvgIpc) is 2.26. The molecule has 1 heterocycles. The monoisotopic (exact) mass is 279 g/mol. The van der Waals surface area contributed by atoms with Gasteiger partial charge in [-0.15, -0.1) is 0 Å². The maximum Gasteiger partial charge on any atom is 0.325 e. The van der Waals surface area contributed by atoms with Crippen LogP contribution in [-0.4, -0.2) is 36.7 Å². The van der Waals surface area contributed by atoms with Gasteiger partial charge in [-0.1, -0.05) is 11.6 Å².